The third-order valence-corrected chi connectivity index (χ3v) is 8.08. The Morgan fingerprint density at radius 2 is 2.15 bits per heavy atom. The average molecular weight is 518 g/mol. The first-order valence-corrected chi connectivity index (χ1v) is 13.4. The Morgan fingerprint density at radius 1 is 1.44 bits per heavy atom. The van der Waals surface area contributed by atoms with Crippen LogP contribution in [0.3, 0.4) is 0 Å². The zero-order valence-electron chi connectivity index (χ0n) is 19.8. The van der Waals surface area contributed by atoms with Crippen LogP contribution in [0.25, 0.3) is 11.2 Å². The number of esters is 1. The second-order valence-corrected chi connectivity index (χ2v) is 12.1. The lowest BCUT2D eigenvalue weighted by Crippen LogP contribution is -2.47. The van der Waals surface area contributed by atoms with Gasteiger partial charge in [-0.3, -0.25) is 9.36 Å². The van der Waals surface area contributed by atoms with Crippen molar-refractivity contribution in [2.75, 3.05) is 31.3 Å². The van der Waals surface area contributed by atoms with Crippen molar-refractivity contribution in [1.29, 1.82) is 0 Å². The predicted molar refractivity (Wildman–Crippen MR) is 126 cm³/mol. The molecule has 34 heavy (non-hydrogen) atoms. The Labute approximate surface area is 201 Å². The molecule has 0 amide bonds. The van der Waals surface area contributed by atoms with Gasteiger partial charge in [0.25, 0.3) is 6.64 Å². The zero-order valence-corrected chi connectivity index (χ0v) is 21.5. The zero-order chi connectivity index (χ0) is 25.0. The summed E-state index contributed by atoms with van der Waals surface area (Å²) in [6.45, 7) is 3.22. The molecule has 0 aromatic carbocycles. The van der Waals surface area contributed by atoms with Crippen LogP contribution < -0.4 is 15.7 Å². The van der Waals surface area contributed by atoms with E-state index < -0.39 is 42.8 Å². The van der Waals surface area contributed by atoms with Gasteiger partial charge in [-0.2, -0.15) is 9.97 Å². The number of hydrogen-bond donors (Lipinski definition) is 2. The van der Waals surface area contributed by atoms with Crippen LogP contribution in [0.2, 0.25) is 0 Å². The third-order valence-electron chi connectivity index (χ3n) is 5.50. The van der Waals surface area contributed by atoms with E-state index in [2.05, 4.69) is 20.0 Å². The van der Waals surface area contributed by atoms with Crippen molar-refractivity contribution in [1.82, 2.24) is 24.6 Å². The van der Waals surface area contributed by atoms with Crippen LogP contribution >= 0.6 is 6.64 Å². The smallest absolute Gasteiger partial charge is 0.323 e. The van der Waals surface area contributed by atoms with Crippen molar-refractivity contribution in [2.24, 2.45) is 0 Å². The number of aromatic nitrogens is 4. The van der Waals surface area contributed by atoms with Gasteiger partial charge in [-0.25, -0.2) is 14.5 Å². The summed E-state index contributed by atoms with van der Waals surface area (Å²) in [4.78, 5) is 26.8. The number of fused-ring (bicyclic) bond motifs is 2. The van der Waals surface area contributed by atoms with Crippen molar-refractivity contribution >= 4 is 47.3 Å². The number of rotatable bonds is 6. The van der Waals surface area contributed by atoms with Gasteiger partial charge in [-0.15, -0.1) is 0 Å². The minimum absolute atomic E-state index is 0.0103. The fraction of sp³-hybridized carbons (Fsp3) is 0.684. The average Bonchev–Trinajstić information content (AvgIpc) is 3.24. The highest BCUT2D eigenvalue weighted by Gasteiger charge is 2.60. The number of nitrogens with one attached hydrogen (secondary N) is 1. The Balaban J connectivity index is 1.60. The van der Waals surface area contributed by atoms with Crippen molar-refractivity contribution in [3.8, 4) is 0 Å². The highest BCUT2D eigenvalue weighted by molar-refractivity contribution is 8.09. The Kier molecular flexibility index (Phi) is 6.60. The topological polar surface area (TPSA) is 139 Å². The molecular weight excluding hydrogens is 488 g/mol. The van der Waals surface area contributed by atoms with Crippen LogP contribution in [-0.4, -0.2) is 76.2 Å². The summed E-state index contributed by atoms with van der Waals surface area (Å²) in [6, 6.07) is -0.796. The van der Waals surface area contributed by atoms with Gasteiger partial charge >= 0.3 is 5.97 Å². The number of ether oxygens (including phenoxy) is 2. The molecule has 0 radical (unpaired) electrons. The maximum atomic E-state index is 16.3. The third kappa shape index (κ3) is 4.50. The highest BCUT2D eigenvalue weighted by Crippen LogP contribution is 2.57. The fourth-order valence-electron chi connectivity index (χ4n) is 3.95. The van der Waals surface area contributed by atoms with Crippen molar-refractivity contribution in [3.63, 3.8) is 0 Å². The van der Waals surface area contributed by atoms with E-state index in [0.29, 0.717) is 17.0 Å². The lowest BCUT2D eigenvalue weighted by molar-refractivity contribution is -0.149. The Morgan fingerprint density at radius 3 is 2.79 bits per heavy atom. The molecule has 12 nitrogen and oxygen atoms in total. The molecule has 6 atom stereocenters. The highest BCUT2D eigenvalue weighted by atomic mass is 32.5. The van der Waals surface area contributed by atoms with Crippen molar-refractivity contribution in [3.05, 3.63) is 6.33 Å². The lowest BCUT2D eigenvalue weighted by atomic mass is 9.98. The SMILES string of the molecule is CC(C)OC(=O)[C@H](C)NP1(=S)OCC2O[C@@H](n3cnc4c(N(C)C)nc(N)nc43)[C@](C)(F)[C@@H]2O1. The number of anilines is 2. The number of carbonyl (C=O) groups excluding carboxylic acids is 1. The molecule has 0 saturated carbocycles. The van der Waals surface area contributed by atoms with E-state index in [1.54, 1.807) is 39.8 Å². The molecule has 4 heterocycles. The molecule has 188 valence electrons. The summed E-state index contributed by atoms with van der Waals surface area (Å²) < 4.78 is 40.6. The van der Waals surface area contributed by atoms with Gasteiger partial charge in [0.15, 0.2) is 28.9 Å². The predicted octanol–water partition coefficient (Wildman–Crippen LogP) is 1.67. The number of alkyl halides is 1. The molecule has 2 aromatic heterocycles. The number of nitrogens with zero attached hydrogens (tertiary/aromatic N) is 5. The van der Waals surface area contributed by atoms with Crippen LogP contribution in [0.5, 0.6) is 0 Å². The minimum Gasteiger partial charge on any atom is -0.462 e. The molecule has 2 saturated heterocycles. The summed E-state index contributed by atoms with van der Waals surface area (Å²) in [6.07, 6.45) is -1.78. The Hall–Kier alpha value is -1.96. The number of hydrogen-bond acceptors (Lipinski definition) is 11. The lowest BCUT2D eigenvalue weighted by Gasteiger charge is -2.37. The van der Waals surface area contributed by atoms with Crippen LogP contribution in [-0.2, 0) is 35.1 Å². The van der Waals surface area contributed by atoms with Crippen molar-refractivity contribution in [2.45, 2.75) is 63.9 Å². The summed E-state index contributed by atoms with van der Waals surface area (Å²) in [5.41, 5.74) is 4.63. The molecule has 2 aliphatic heterocycles. The molecule has 4 rings (SSSR count). The number of imidazole rings is 1. The van der Waals surface area contributed by atoms with Crippen LogP contribution in [0.1, 0.15) is 33.9 Å². The van der Waals surface area contributed by atoms with Gasteiger partial charge in [0, 0.05) is 14.1 Å². The van der Waals surface area contributed by atoms with E-state index >= 15 is 4.39 Å². The number of nitrogen functional groups attached to an aromatic ring is 1. The largest absolute Gasteiger partial charge is 0.462 e. The van der Waals surface area contributed by atoms with Gasteiger partial charge < -0.3 is 29.2 Å². The van der Waals surface area contributed by atoms with E-state index in [4.69, 9.17) is 36.1 Å². The van der Waals surface area contributed by atoms with Gasteiger partial charge in [-0.05, 0) is 39.5 Å². The first kappa shape index (κ1) is 25.1. The number of carbonyl (C=O) groups is 1. The molecule has 2 aromatic rings. The molecular formula is C19H29FN7O5PS. The van der Waals surface area contributed by atoms with E-state index in [9.17, 15) is 4.79 Å². The molecule has 2 fully saturated rings. The van der Waals surface area contributed by atoms with Crippen LogP contribution in [0, 0.1) is 0 Å². The van der Waals surface area contributed by atoms with E-state index in [1.165, 1.54) is 17.8 Å². The maximum absolute atomic E-state index is 16.3. The maximum Gasteiger partial charge on any atom is 0.323 e. The first-order valence-electron chi connectivity index (χ1n) is 10.8. The van der Waals surface area contributed by atoms with Gasteiger partial charge in [0.1, 0.15) is 18.2 Å². The molecule has 15 heteroatoms. The Bertz CT molecular complexity index is 1150. The summed E-state index contributed by atoms with van der Waals surface area (Å²) in [5.74, 6) is 0.0187. The fourth-order valence-corrected chi connectivity index (χ4v) is 6.65. The molecule has 0 aliphatic carbocycles. The van der Waals surface area contributed by atoms with E-state index in [1.807, 2.05) is 0 Å². The van der Waals surface area contributed by atoms with E-state index in [0.717, 1.165) is 0 Å². The summed E-state index contributed by atoms with van der Waals surface area (Å²) >= 11 is 5.53. The summed E-state index contributed by atoms with van der Waals surface area (Å²) in [7, 11) is 3.59. The van der Waals surface area contributed by atoms with E-state index in [-0.39, 0.29) is 18.7 Å². The monoisotopic (exact) mass is 517 g/mol. The van der Waals surface area contributed by atoms with Crippen LogP contribution in [0.15, 0.2) is 6.33 Å². The second kappa shape index (κ2) is 8.92. The molecule has 2 aliphatic rings. The second-order valence-electron chi connectivity index (χ2n) is 8.96. The van der Waals surface area contributed by atoms with Crippen molar-refractivity contribution < 1.29 is 27.7 Å². The molecule has 0 bridgehead atoms. The molecule has 0 spiro atoms. The standard InChI is InChI=1S/C19H29FN7O5PS/c1-9(2)30-16(28)10(3)25-33(34)29-7-11-13(32-33)19(4,20)17(31-11)27-8-22-12-14(26(5)6)23-18(21)24-15(12)27/h8-11,13,17H,7H2,1-6H3,(H,25,34)(H2,21,23,24)/t10-,11?,13+,17+,19+,33?/m0/s1. The van der Waals surface area contributed by atoms with Gasteiger partial charge in [0.2, 0.25) is 5.95 Å². The first-order chi connectivity index (χ1) is 15.8. The van der Waals surface area contributed by atoms with Gasteiger partial charge in [0.05, 0.1) is 19.0 Å². The quantitative estimate of drug-likeness (QED) is 0.426. The normalized spacial score (nSPS) is 32.1. The summed E-state index contributed by atoms with van der Waals surface area (Å²) in [5, 5.41) is 2.88. The van der Waals surface area contributed by atoms with Crippen LogP contribution in [0.4, 0.5) is 16.2 Å². The number of halogens is 1. The minimum atomic E-state index is -3.21. The number of nitrogens with two attached hydrogens (primary N) is 1. The molecule has 3 N–H and O–H groups in total. The van der Waals surface area contributed by atoms with Gasteiger partial charge in [-0.1, -0.05) is 0 Å². The molecule has 2 unspecified atom stereocenters.